The monoisotopic (exact) mass is 873 g/mol. The minimum Gasteiger partial charge on any atom is -0.506 e. The third-order valence-corrected chi connectivity index (χ3v) is 12.0. The Balaban J connectivity index is 0.858. The Kier molecular flexibility index (Phi) is 15.7. The van der Waals surface area contributed by atoms with Crippen molar-refractivity contribution in [1.82, 2.24) is 25.8 Å². The van der Waals surface area contributed by atoms with E-state index in [-0.39, 0.29) is 54.5 Å². The van der Waals surface area contributed by atoms with Crippen LogP contribution in [0.5, 0.6) is 11.5 Å². The Morgan fingerprint density at radius 1 is 0.875 bits per heavy atom. The van der Waals surface area contributed by atoms with Crippen LogP contribution < -0.4 is 26.2 Å². The number of pyridine rings is 1. The minimum atomic E-state index is -0.873. The summed E-state index contributed by atoms with van der Waals surface area (Å²) in [5.41, 5.74) is 3.52. The second-order valence-electron chi connectivity index (χ2n) is 17.2. The van der Waals surface area contributed by atoms with Crippen molar-refractivity contribution in [3.8, 4) is 11.5 Å². The Morgan fingerprint density at radius 2 is 1.64 bits per heavy atom. The van der Waals surface area contributed by atoms with Crippen LogP contribution in [0.2, 0.25) is 0 Å². The highest BCUT2D eigenvalue weighted by Gasteiger charge is 2.37. The number of hydrogen-bond donors (Lipinski definition) is 6. The fourth-order valence-corrected chi connectivity index (χ4v) is 8.49. The summed E-state index contributed by atoms with van der Waals surface area (Å²) in [5.74, 6) is 0.205. The summed E-state index contributed by atoms with van der Waals surface area (Å²) in [4.78, 5) is 56.4. The molecular weight excluding hydrogens is 815 g/mol. The van der Waals surface area contributed by atoms with Crippen LogP contribution in [0, 0.1) is 11.8 Å². The molecular formula is C50H59N5O9. The zero-order valence-electron chi connectivity index (χ0n) is 36.5. The zero-order valence-corrected chi connectivity index (χ0v) is 36.5. The first-order valence-corrected chi connectivity index (χ1v) is 22.3. The number of nitrogens with one attached hydrogen (secondary N) is 4. The molecule has 338 valence electrons. The number of H-pyrrole nitrogens is 1. The number of aliphatic hydroxyl groups is 1. The molecule has 3 aliphatic rings. The molecule has 0 spiro atoms. The Hall–Kier alpha value is -6.22. The van der Waals surface area contributed by atoms with Crippen molar-refractivity contribution in [2.45, 2.75) is 76.9 Å². The van der Waals surface area contributed by atoms with Crippen LogP contribution in [0.3, 0.4) is 0 Å². The van der Waals surface area contributed by atoms with Gasteiger partial charge in [-0.2, -0.15) is 0 Å². The van der Waals surface area contributed by atoms with Crippen LogP contribution in [-0.4, -0.2) is 89.5 Å². The maximum absolute atomic E-state index is 13.3. The summed E-state index contributed by atoms with van der Waals surface area (Å²) >= 11 is 0. The Morgan fingerprint density at radius 3 is 2.38 bits per heavy atom. The average molecular weight is 874 g/mol. The molecule has 6 N–H and O–H groups in total. The zero-order chi connectivity index (χ0) is 45.0. The van der Waals surface area contributed by atoms with Crippen LogP contribution in [0.1, 0.15) is 90.7 Å². The largest absolute Gasteiger partial charge is 0.506 e. The van der Waals surface area contributed by atoms with Gasteiger partial charge in [-0.25, -0.2) is 9.59 Å². The molecule has 2 unspecified atom stereocenters. The van der Waals surface area contributed by atoms with Crippen LogP contribution >= 0.6 is 0 Å². The minimum absolute atomic E-state index is 0.0690. The summed E-state index contributed by atoms with van der Waals surface area (Å²) in [6.45, 7) is 8.09. The molecule has 3 aliphatic heterocycles. The molecule has 0 saturated carbocycles. The first-order chi connectivity index (χ1) is 31.0. The molecule has 1 aromatic heterocycles. The number of phenolic OH excluding ortho intramolecular Hbond substituents is 1. The van der Waals surface area contributed by atoms with E-state index in [0.717, 1.165) is 49.2 Å². The molecule has 5 aromatic rings. The van der Waals surface area contributed by atoms with E-state index in [9.17, 15) is 29.4 Å². The number of rotatable bonds is 20. The molecule has 14 heteroatoms. The van der Waals surface area contributed by atoms with Gasteiger partial charge in [-0.05, 0) is 122 Å². The van der Waals surface area contributed by atoms with Gasteiger partial charge >= 0.3 is 12.1 Å². The number of aliphatic hydroxyl groups excluding tert-OH is 1. The molecule has 8 rings (SSSR count). The molecule has 3 fully saturated rings. The number of benzene rings is 4. The number of aromatic hydroxyl groups is 1. The van der Waals surface area contributed by atoms with Crippen molar-refractivity contribution < 1.29 is 38.8 Å². The van der Waals surface area contributed by atoms with E-state index < -0.39 is 30.3 Å². The lowest BCUT2D eigenvalue weighted by molar-refractivity contribution is -0.146. The highest BCUT2D eigenvalue weighted by atomic mass is 16.6. The number of aromatic amines is 1. The maximum Gasteiger partial charge on any atom is 0.408 e. The SMILES string of the molecule is CC(C)CC(NC(=O)c1ccc(COc2cccc(C(NC(=O)O[C@H]3CN4CCC3CC4)c3ccccc3)c2)cc1)C(=O)OCCCCNC[C@@H](O)c1ccc(O)c2[nH]c(=O)ccc12. The lowest BCUT2D eigenvalue weighted by atomic mass is 9.86. The van der Waals surface area contributed by atoms with Crippen molar-refractivity contribution >= 4 is 28.9 Å². The van der Waals surface area contributed by atoms with Crippen molar-refractivity contribution in [2.75, 3.05) is 39.3 Å². The van der Waals surface area contributed by atoms with E-state index in [1.165, 1.54) is 12.1 Å². The highest BCUT2D eigenvalue weighted by molar-refractivity contribution is 5.96. The predicted octanol–water partition coefficient (Wildman–Crippen LogP) is 6.51. The number of unbranched alkanes of at least 4 members (excludes halogenated alkanes) is 1. The molecule has 14 nitrogen and oxygen atoms in total. The second-order valence-corrected chi connectivity index (χ2v) is 17.2. The number of alkyl carbamates (subject to hydrolysis) is 1. The van der Waals surface area contributed by atoms with E-state index in [4.69, 9.17) is 14.2 Å². The average Bonchev–Trinajstić information content (AvgIpc) is 3.30. The van der Waals surface area contributed by atoms with Gasteiger partial charge < -0.3 is 45.4 Å². The van der Waals surface area contributed by atoms with Gasteiger partial charge in [-0.1, -0.05) is 74.5 Å². The van der Waals surface area contributed by atoms with Crippen molar-refractivity contribution in [3.05, 3.63) is 141 Å². The molecule has 4 heterocycles. The number of carbonyl (C=O) groups is 3. The van der Waals surface area contributed by atoms with Gasteiger partial charge in [0, 0.05) is 30.1 Å². The molecule has 4 aromatic carbocycles. The number of ether oxygens (including phenoxy) is 3. The van der Waals surface area contributed by atoms with Crippen LogP contribution in [-0.2, 0) is 20.9 Å². The molecule has 2 bridgehead atoms. The Bertz CT molecular complexity index is 2400. The van der Waals surface area contributed by atoms with E-state index >= 15 is 0 Å². The standard InChI is InChI=1S/C50H59N5O9/c1-32(2)27-41(49(60)62-26-7-6-23-51-29-43(57)39-17-19-42(56)47-40(39)18-20-45(58)53-47)52-48(59)36-15-13-33(14-16-36)31-63-38-12-8-11-37(28-38)46(35-9-4-3-5-10-35)54-50(61)64-44-30-55-24-21-34(44)22-25-55/h3-5,8-20,28,32,34,41,43-44,46,51,56-57H,6-7,21-27,29-31H2,1-2H3,(H,52,59)(H,53,58)(H,54,61)/t41?,43-,44+,46?/m1/s1. The van der Waals surface area contributed by atoms with Gasteiger partial charge in [0.25, 0.3) is 5.91 Å². The number of fused-ring (bicyclic) bond motifs is 4. The fraction of sp³-hybridized carbons (Fsp3) is 0.400. The summed E-state index contributed by atoms with van der Waals surface area (Å²) in [6.07, 6.45) is 2.36. The normalized spacial score (nSPS) is 18.2. The third kappa shape index (κ3) is 12.3. The number of carbonyl (C=O) groups excluding carboxylic acids is 3. The number of aromatic nitrogens is 1. The van der Waals surface area contributed by atoms with Crippen LogP contribution in [0.25, 0.3) is 10.9 Å². The quantitative estimate of drug-likeness (QED) is 0.0369. The molecule has 64 heavy (non-hydrogen) atoms. The van der Waals surface area contributed by atoms with Crippen LogP contribution in [0.15, 0.2) is 108 Å². The van der Waals surface area contributed by atoms with Gasteiger partial charge in [0.05, 0.1) is 24.3 Å². The summed E-state index contributed by atoms with van der Waals surface area (Å²) < 4.78 is 17.7. The molecule has 2 amide bonds. The highest BCUT2D eigenvalue weighted by Crippen LogP contribution is 2.31. The number of esters is 1. The van der Waals surface area contributed by atoms with Gasteiger partial charge in [0.2, 0.25) is 5.56 Å². The molecule has 0 aliphatic carbocycles. The molecule has 0 radical (unpaired) electrons. The van der Waals surface area contributed by atoms with E-state index in [0.29, 0.717) is 54.0 Å². The van der Waals surface area contributed by atoms with Crippen molar-refractivity contribution in [1.29, 1.82) is 0 Å². The summed E-state index contributed by atoms with van der Waals surface area (Å²) in [6, 6.07) is 29.2. The fourth-order valence-electron chi connectivity index (χ4n) is 8.49. The second kappa shape index (κ2) is 21.9. The lowest BCUT2D eigenvalue weighted by Gasteiger charge is -2.43. The van der Waals surface area contributed by atoms with E-state index in [2.05, 4.69) is 25.8 Å². The summed E-state index contributed by atoms with van der Waals surface area (Å²) in [5, 5.41) is 30.6. The predicted molar refractivity (Wildman–Crippen MR) is 243 cm³/mol. The van der Waals surface area contributed by atoms with Gasteiger partial charge in [0.1, 0.15) is 30.3 Å². The van der Waals surface area contributed by atoms with Gasteiger partial charge in [0.15, 0.2) is 0 Å². The van der Waals surface area contributed by atoms with E-state index in [1.807, 2.05) is 80.6 Å². The number of hydrogen-bond acceptors (Lipinski definition) is 11. The van der Waals surface area contributed by atoms with Crippen molar-refractivity contribution in [2.24, 2.45) is 11.8 Å². The molecule has 4 atom stereocenters. The Labute approximate surface area is 373 Å². The van der Waals surface area contributed by atoms with E-state index in [1.54, 1.807) is 24.3 Å². The topological polar surface area (TPSA) is 192 Å². The van der Waals surface area contributed by atoms with Gasteiger partial charge in [-0.3, -0.25) is 14.5 Å². The number of piperidine rings is 3. The smallest absolute Gasteiger partial charge is 0.408 e. The number of phenols is 1. The first kappa shape index (κ1) is 45.8. The molecule has 3 saturated heterocycles. The maximum atomic E-state index is 13.3. The van der Waals surface area contributed by atoms with Gasteiger partial charge in [-0.15, -0.1) is 0 Å². The number of nitrogens with zero attached hydrogens (tertiary/aromatic N) is 1. The third-order valence-electron chi connectivity index (χ3n) is 12.0. The van der Waals surface area contributed by atoms with Crippen molar-refractivity contribution in [3.63, 3.8) is 0 Å². The summed E-state index contributed by atoms with van der Waals surface area (Å²) in [7, 11) is 0. The number of amides is 2. The first-order valence-electron chi connectivity index (χ1n) is 22.3. The lowest BCUT2D eigenvalue weighted by Crippen LogP contribution is -2.52. The van der Waals surface area contributed by atoms with Crippen LogP contribution in [0.4, 0.5) is 4.79 Å².